The molecule has 0 saturated carbocycles. The first-order valence-corrected chi connectivity index (χ1v) is 7.24. The number of rotatable bonds is 5. The number of hydrogen-bond acceptors (Lipinski definition) is 5. The molecule has 0 fully saturated rings. The zero-order valence-electron chi connectivity index (χ0n) is 12.5. The molecule has 4 N–H and O–H groups in total. The molecule has 0 spiro atoms. The van der Waals surface area contributed by atoms with E-state index in [1.165, 1.54) is 6.92 Å². The van der Waals surface area contributed by atoms with Gasteiger partial charge in [-0.05, 0) is 31.2 Å². The Morgan fingerprint density at radius 2 is 1.92 bits per heavy atom. The smallest absolute Gasteiger partial charge is 0.328 e. The van der Waals surface area contributed by atoms with Crippen molar-refractivity contribution >= 4 is 23.5 Å². The van der Waals surface area contributed by atoms with E-state index in [0.29, 0.717) is 10.6 Å². The number of H-pyrrole nitrogens is 1. The van der Waals surface area contributed by atoms with Crippen molar-refractivity contribution in [1.29, 1.82) is 0 Å². The van der Waals surface area contributed by atoms with Crippen LogP contribution in [0, 0.1) is 0 Å². The second-order valence-electron chi connectivity index (χ2n) is 5.01. The summed E-state index contributed by atoms with van der Waals surface area (Å²) < 4.78 is 0. The molecular formula is C15H14ClN3O5. The van der Waals surface area contributed by atoms with Crippen molar-refractivity contribution in [1.82, 2.24) is 15.3 Å². The highest BCUT2D eigenvalue weighted by Crippen LogP contribution is 2.16. The Hall–Kier alpha value is -2.71. The number of carbonyl (C=O) groups is 2. The first-order chi connectivity index (χ1) is 11.3. The normalized spacial score (nSPS) is 13.1. The Morgan fingerprint density at radius 1 is 1.29 bits per heavy atom. The number of carboxylic acid groups (broad SMARTS) is 1. The molecule has 0 saturated heterocycles. The van der Waals surface area contributed by atoms with Crippen LogP contribution in [0.25, 0.3) is 11.4 Å². The first kappa shape index (κ1) is 17.6. The van der Waals surface area contributed by atoms with Crippen molar-refractivity contribution in [2.24, 2.45) is 0 Å². The molecule has 1 aromatic carbocycles. The zero-order valence-corrected chi connectivity index (χ0v) is 13.2. The Bertz CT molecular complexity index is 817. The Labute approximate surface area is 141 Å². The lowest BCUT2D eigenvalue weighted by molar-refractivity contribution is -0.141. The molecule has 126 valence electrons. The standard InChI is InChI=1S/C15H14ClN3O5/c1-7(20)11(15(23)24)18-13(21)10-6-17-12(19-14(10)22)8-2-4-9(16)5-3-8/h2-7,11,20H,1H3,(H,18,21)(H,23,24)(H,17,19,22). The van der Waals surface area contributed by atoms with Crippen molar-refractivity contribution < 1.29 is 19.8 Å². The van der Waals surface area contributed by atoms with Crippen LogP contribution >= 0.6 is 11.6 Å². The number of hydrogen-bond donors (Lipinski definition) is 4. The van der Waals surface area contributed by atoms with Crippen LogP contribution < -0.4 is 10.9 Å². The van der Waals surface area contributed by atoms with Gasteiger partial charge in [-0.2, -0.15) is 0 Å². The van der Waals surface area contributed by atoms with Crippen LogP contribution in [0.2, 0.25) is 5.02 Å². The molecule has 0 aliphatic rings. The highest BCUT2D eigenvalue weighted by atomic mass is 35.5. The third-order valence-electron chi connectivity index (χ3n) is 3.20. The van der Waals surface area contributed by atoms with Crippen molar-refractivity contribution in [3.05, 3.63) is 51.4 Å². The van der Waals surface area contributed by atoms with E-state index in [0.717, 1.165) is 6.20 Å². The lowest BCUT2D eigenvalue weighted by atomic mass is 10.1. The van der Waals surface area contributed by atoms with Crippen LogP contribution in [-0.2, 0) is 4.79 Å². The maximum Gasteiger partial charge on any atom is 0.328 e. The molecule has 2 rings (SSSR count). The summed E-state index contributed by atoms with van der Waals surface area (Å²) in [4.78, 5) is 41.5. The minimum Gasteiger partial charge on any atom is -0.480 e. The Balaban J connectivity index is 2.26. The number of carboxylic acids is 1. The molecule has 24 heavy (non-hydrogen) atoms. The van der Waals surface area contributed by atoms with Gasteiger partial charge < -0.3 is 20.5 Å². The molecule has 2 aromatic rings. The molecule has 1 heterocycles. The summed E-state index contributed by atoms with van der Waals surface area (Å²) in [5.74, 6) is -2.13. The molecule has 2 unspecified atom stereocenters. The van der Waals surface area contributed by atoms with Crippen molar-refractivity contribution in [3.63, 3.8) is 0 Å². The van der Waals surface area contributed by atoms with E-state index in [1.807, 2.05) is 0 Å². The number of nitrogens with zero attached hydrogens (tertiary/aromatic N) is 1. The summed E-state index contributed by atoms with van der Waals surface area (Å²) in [6.07, 6.45) is -0.286. The number of nitrogens with one attached hydrogen (secondary N) is 2. The average Bonchev–Trinajstić information content (AvgIpc) is 2.52. The minimum atomic E-state index is -1.53. The van der Waals surface area contributed by atoms with Crippen LogP contribution in [0.15, 0.2) is 35.3 Å². The van der Waals surface area contributed by atoms with Gasteiger partial charge in [0, 0.05) is 16.8 Å². The molecule has 0 bridgehead atoms. The maximum absolute atomic E-state index is 12.1. The van der Waals surface area contributed by atoms with Crippen LogP contribution in [0.3, 0.4) is 0 Å². The lowest BCUT2D eigenvalue weighted by Gasteiger charge is -2.16. The summed E-state index contributed by atoms with van der Waals surface area (Å²) in [7, 11) is 0. The summed E-state index contributed by atoms with van der Waals surface area (Å²) >= 11 is 5.78. The highest BCUT2D eigenvalue weighted by Gasteiger charge is 2.26. The van der Waals surface area contributed by atoms with Gasteiger partial charge in [0.15, 0.2) is 6.04 Å². The molecule has 8 nitrogen and oxygen atoms in total. The molecule has 0 aliphatic carbocycles. The third kappa shape index (κ3) is 3.98. The number of aliphatic carboxylic acids is 1. The van der Waals surface area contributed by atoms with E-state index in [4.69, 9.17) is 16.7 Å². The van der Waals surface area contributed by atoms with Crippen molar-refractivity contribution in [2.45, 2.75) is 19.1 Å². The van der Waals surface area contributed by atoms with E-state index in [9.17, 15) is 19.5 Å². The van der Waals surface area contributed by atoms with E-state index >= 15 is 0 Å². The SMILES string of the molecule is CC(O)C(NC(=O)c1cnc(-c2ccc(Cl)cc2)[nH]c1=O)C(=O)O. The van der Waals surface area contributed by atoms with E-state index < -0.39 is 29.6 Å². The summed E-state index contributed by atoms with van der Waals surface area (Å²) in [5, 5.41) is 20.9. The maximum atomic E-state index is 12.1. The van der Waals surface area contributed by atoms with Gasteiger partial charge in [-0.1, -0.05) is 11.6 Å². The third-order valence-corrected chi connectivity index (χ3v) is 3.45. The predicted molar refractivity (Wildman–Crippen MR) is 85.9 cm³/mol. The number of aliphatic hydroxyl groups excluding tert-OH is 1. The van der Waals surface area contributed by atoms with Gasteiger partial charge in [-0.25, -0.2) is 9.78 Å². The zero-order chi connectivity index (χ0) is 17.9. The molecule has 2 atom stereocenters. The van der Waals surface area contributed by atoms with Crippen LogP contribution in [0.5, 0.6) is 0 Å². The van der Waals surface area contributed by atoms with Gasteiger partial charge in [0.2, 0.25) is 0 Å². The monoisotopic (exact) mass is 351 g/mol. The summed E-state index contributed by atoms with van der Waals surface area (Å²) in [6, 6.07) is 5.00. The summed E-state index contributed by atoms with van der Waals surface area (Å²) in [5.41, 5.74) is -0.502. The number of aliphatic hydroxyl groups is 1. The number of halogens is 1. The molecule has 1 aromatic heterocycles. The summed E-state index contributed by atoms with van der Waals surface area (Å²) in [6.45, 7) is 1.21. The Kier molecular flexibility index (Phi) is 5.32. The second-order valence-corrected chi connectivity index (χ2v) is 5.45. The van der Waals surface area contributed by atoms with Crippen LogP contribution in [-0.4, -0.2) is 44.2 Å². The fraction of sp³-hybridized carbons (Fsp3) is 0.200. The van der Waals surface area contributed by atoms with Gasteiger partial charge in [-0.3, -0.25) is 9.59 Å². The molecule has 0 radical (unpaired) electrons. The van der Waals surface area contributed by atoms with Gasteiger partial charge in [-0.15, -0.1) is 0 Å². The molecule has 9 heteroatoms. The minimum absolute atomic E-state index is 0.235. The number of amides is 1. The Morgan fingerprint density at radius 3 is 2.42 bits per heavy atom. The quantitative estimate of drug-likeness (QED) is 0.625. The van der Waals surface area contributed by atoms with Crippen LogP contribution in [0.4, 0.5) is 0 Å². The van der Waals surface area contributed by atoms with Gasteiger partial charge in [0.05, 0.1) is 6.10 Å². The second kappa shape index (κ2) is 7.24. The van der Waals surface area contributed by atoms with Gasteiger partial charge in [0.25, 0.3) is 11.5 Å². The number of aromatic amines is 1. The largest absolute Gasteiger partial charge is 0.480 e. The van der Waals surface area contributed by atoms with E-state index in [2.05, 4.69) is 15.3 Å². The lowest BCUT2D eigenvalue weighted by Crippen LogP contribution is -2.48. The van der Waals surface area contributed by atoms with Gasteiger partial charge in [0.1, 0.15) is 11.4 Å². The fourth-order valence-electron chi connectivity index (χ4n) is 1.92. The van der Waals surface area contributed by atoms with E-state index in [-0.39, 0.29) is 11.4 Å². The molecule has 1 amide bonds. The van der Waals surface area contributed by atoms with Crippen molar-refractivity contribution in [2.75, 3.05) is 0 Å². The van der Waals surface area contributed by atoms with E-state index in [1.54, 1.807) is 24.3 Å². The predicted octanol–water partition coefficient (Wildman–Crippen LogP) is 0.654. The fourth-order valence-corrected chi connectivity index (χ4v) is 2.04. The van der Waals surface area contributed by atoms with Crippen molar-refractivity contribution in [3.8, 4) is 11.4 Å². The van der Waals surface area contributed by atoms with Gasteiger partial charge >= 0.3 is 5.97 Å². The number of benzene rings is 1. The first-order valence-electron chi connectivity index (χ1n) is 6.86. The van der Waals surface area contributed by atoms with Crippen LogP contribution in [0.1, 0.15) is 17.3 Å². The average molecular weight is 352 g/mol. The molecule has 0 aliphatic heterocycles. The highest BCUT2D eigenvalue weighted by molar-refractivity contribution is 6.30. The topological polar surface area (TPSA) is 132 Å². The number of carbonyl (C=O) groups excluding carboxylic acids is 1. The molecular weight excluding hydrogens is 338 g/mol. The number of aromatic nitrogens is 2.